The third kappa shape index (κ3) is 2.69. The predicted molar refractivity (Wildman–Crippen MR) is 77.6 cm³/mol. The van der Waals surface area contributed by atoms with Crippen molar-refractivity contribution in [3.8, 4) is 0 Å². The largest absolute Gasteiger partial charge is 0.314 e. The number of nitro groups is 1. The molecule has 5 nitrogen and oxygen atoms in total. The van der Waals surface area contributed by atoms with Crippen molar-refractivity contribution in [2.24, 2.45) is 5.92 Å². The molecular formula is C15H21N3O2. The summed E-state index contributed by atoms with van der Waals surface area (Å²) >= 11 is 0. The molecule has 108 valence electrons. The molecule has 0 radical (unpaired) electrons. The van der Waals surface area contributed by atoms with Crippen LogP contribution in [-0.2, 0) is 0 Å². The molecule has 1 saturated carbocycles. The molecule has 3 rings (SSSR count). The smallest absolute Gasteiger partial charge is 0.274 e. The summed E-state index contributed by atoms with van der Waals surface area (Å²) in [6.45, 7) is 1.97. The van der Waals surface area contributed by atoms with Crippen LogP contribution in [0.4, 0.5) is 5.69 Å². The van der Waals surface area contributed by atoms with E-state index in [9.17, 15) is 10.1 Å². The Morgan fingerprint density at radius 1 is 1.35 bits per heavy atom. The molecule has 2 fully saturated rings. The summed E-state index contributed by atoms with van der Waals surface area (Å²) in [4.78, 5) is 13.2. The first kappa shape index (κ1) is 13.5. The van der Waals surface area contributed by atoms with E-state index in [0.717, 1.165) is 25.1 Å². The van der Waals surface area contributed by atoms with Gasteiger partial charge in [0.2, 0.25) is 0 Å². The summed E-state index contributed by atoms with van der Waals surface area (Å²) in [6, 6.07) is 8.02. The van der Waals surface area contributed by atoms with E-state index in [4.69, 9.17) is 0 Å². The Kier molecular flexibility index (Phi) is 3.72. The van der Waals surface area contributed by atoms with Crippen molar-refractivity contribution in [2.45, 2.75) is 31.3 Å². The number of nitrogens with one attached hydrogen (secondary N) is 1. The first-order valence-corrected chi connectivity index (χ1v) is 7.33. The van der Waals surface area contributed by atoms with Gasteiger partial charge in [-0.15, -0.1) is 0 Å². The predicted octanol–water partition coefficient (Wildman–Crippen LogP) is 2.34. The summed E-state index contributed by atoms with van der Waals surface area (Å²) in [5.74, 6) is 0.460. The monoisotopic (exact) mass is 275 g/mol. The van der Waals surface area contributed by atoms with E-state index < -0.39 is 0 Å². The van der Waals surface area contributed by atoms with Gasteiger partial charge in [-0.3, -0.25) is 15.0 Å². The number of rotatable bonds is 5. The summed E-state index contributed by atoms with van der Waals surface area (Å²) < 4.78 is 0. The second-order valence-corrected chi connectivity index (χ2v) is 5.97. The van der Waals surface area contributed by atoms with E-state index in [-0.39, 0.29) is 16.7 Å². The maximum absolute atomic E-state index is 11.2. The summed E-state index contributed by atoms with van der Waals surface area (Å²) in [6.07, 6.45) is 3.66. The third-order valence-corrected chi connectivity index (χ3v) is 4.47. The van der Waals surface area contributed by atoms with Gasteiger partial charge in [-0.05, 0) is 38.8 Å². The molecule has 1 aliphatic heterocycles. The number of likely N-dealkylation sites (tertiary alicyclic amines) is 1. The Morgan fingerprint density at radius 3 is 2.80 bits per heavy atom. The van der Waals surface area contributed by atoms with Crippen LogP contribution in [0.1, 0.15) is 30.9 Å². The van der Waals surface area contributed by atoms with Crippen molar-refractivity contribution in [1.29, 1.82) is 0 Å². The second kappa shape index (κ2) is 5.50. The van der Waals surface area contributed by atoms with Crippen LogP contribution in [0.5, 0.6) is 0 Å². The lowest BCUT2D eigenvalue weighted by molar-refractivity contribution is -0.386. The van der Waals surface area contributed by atoms with Gasteiger partial charge >= 0.3 is 0 Å². The molecule has 1 aliphatic carbocycles. The molecule has 2 aliphatic rings. The van der Waals surface area contributed by atoms with E-state index in [1.807, 2.05) is 12.1 Å². The minimum absolute atomic E-state index is 0.155. The Balaban J connectivity index is 1.83. The Hall–Kier alpha value is -1.46. The van der Waals surface area contributed by atoms with E-state index in [2.05, 4.69) is 17.3 Å². The molecule has 1 saturated heterocycles. The van der Waals surface area contributed by atoms with Gasteiger partial charge in [0.25, 0.3) is 5.69 Å². The van der Waals surface area contributed by atoms with Crippen molar-refractivity contribution in [3.63, 3.8) is 0 Å². The minimum atomic E-state index is -0.257. The highest BCUT2D eigenvalue weighted by molar-refractivity contribution is 5.42. The molecule has 2 atom stereocenters. The molecule has 1 aromatic rings. The molecular weight excluding hydrogens is 254 g/mol. The van der Waals surface area contributed by atoms with Crippen molar-refractivity contribution in [1.82, 2.24) is 10.2 Å². The van der Waals surface area contributed by atoms with Gasteiger partial charge in [-0.25, -0.2) is 0 Å². The number of hydrogen-bond donors (Lipinski definition) is 1. The molecule has 5 heteroatoms. The van der Waals surface area contributed by atoms with E-state index in [1.165, 1.54) is 12.8 Å². The van der Waals surface area contributed by atoms with Crippen LogP contribution < -0.4 is 5.32 Å². The van der Waals surface area contributed by atoms with E-state index in [1.54, 1.807) is 12.1 Å². The van der Waals surface area contributed by atoms with Crippen molar-refractivity contribution >= 4 is 5.69 Å². The van der Waals surface area contributed by atoms with Gasteiger partial charge in [0.1, 0.15) is 0 Å². The van der Waals surface area contributed by atoms with Gasteiger partial charge in [0, 0.05) is 30.3 Å². The lowest BCUT2D eigenvalue weighted by Gasteiger charge is -2.25. The van der Waals surface area contributed by atoms with Crippen LogP contribution >= 0.6 is 0 Å². The molecule has 1 heterocycles. The molecule has 20 heavy (non-hydrogen) atoms. The standard InChI is InChI=1S/C15H21N3O2/c1-17-9-8-11(10-16-12-6-7-12)15(17)13-4-2-3-5-14(13)18(19)20/h2-5,11-12,15-16H,6-10H2,1H3. The first-order valence-electron chi connectivity index (χ1n) is 7.33. The van der Waals surface area contributed by atoms with Crippen LogP contribution in [0, 0.1) is 16.0 Å². The number of para-hydroxylation sites is 1. The van der Waals surface area contributed by atoms with Crippen molar-refractivity contribution in [3.05, 3.63) is 39.9 Å². The Morgan fingerprint density at radius 2 is 2.10 bits per heavy atom. The topological polar surface area (TPSA) is 58.4 Å². The van der Waals surface area contributed by atoms with Gasteiger partial charge < -0.3 is 5.32 Å². The zero-order valence-corrected chi connectivity index (χ0v) is 11.8. The van der Waals surface area contributed by atoms with Gasteiger partial charge in [-0.1, -0.05) is 18.2 Å². The molecule has 0 amide bonds. The average molecular weight is 275 g/mol. The number of nitrogens with zero attached hydrogens (tertiary/aromatic N) is 2. The quantitative estimate of drug-likeness (QED) is 0.662. The van der Waals surface area contributed by atoms with Crippen LogP contribution in [0.15, 0.2) is 24.3 Å². The highest BCUT2D eigenvalue weighted by Crippen LogP contribution is 2.40. The van der Waals surface area contributed by atoms with E-state index in [0.29, 0.717) is 12.0 Å². The molecule has 0 bridgehead atoms. The molecule has 1 N–H and O–H groups in total. The Labute approximate surface area is 119 Å². The van der Waals surface area contributed by atoms with Gasteiger partial charge in [0.15, 0.2) is 0 Å². The lowest BCUT2D eigenvalue weighted by Crippen LogP contribution is -2.30. The SMILES string of the molecule is CN1CCC(CNC2CC2)C1c1ccccc1[N+](=O)[O-]. The zero-order valence-electron chi connectivity index (χ0n) is 11.8. The summed E-state index contributed by atoms with van der Waals surface area (Å²) in [5.41, 5.74) is 1.11. The summed E-state index contributed by atoms with van der Waals surface area (Å²) in [5, 5.41) is 14.8. The first-order chi connectivity index (χ1) is 9.66. The maximum atomic E-state index is 11.2. The third-order valence-electron chi connectivity index (χ3n) is 4.47. The minimum Gasteiger partial charge on any atom is -0.314 e. The fourth-order valence-electron chi connectivity index (χ4n) is 3.24. The van der Waals surface area contributed by atoms with Crippen LogP contribution in [-0.4, -0.2) is 36.0 Å². The Bertz CT molecular complexity index is 502. The van der Waals surface area contributed by atoms with Gasteiger partial charge in [-0.2, -0.15) is 0 Å². The number of hydrogen-bond acceptors (Lipinski definition) is 4. The van der Waals surface area contributed by atoms with Crippen LogP contribution in [0.3, 0.4) is 0 Å². The number of nitro benzene ring substituents is 1. The van der Waals surface area contributed by atoms with Gasteiger partial charge in [0.05, 0.1) is 4.92 Å². The lowest BCUT2D eigenvalue weighted by atomic mass is 9.92. The zero-order chi connectivity index (χ0) is 14.1. The summed E-state index contributed by atoms with van der Waals surface area (Å²) in [7, 11) is 2.07. The highest BCUT2D eigenvalue weighted by atomic mass is 16.6. The van der Waals surface area contributed by atoms with Crippen LogP contribution in [0.25, 0.3) is 0 Å². The van der Waals surface area contributed by atoms with E-state index >= 15 is 0 Å². The molecule has 0 aromatic heterocycles. The van der Waals surface area contributed by atoms with Crippen LogP contribution in [0.2, 0.25) is 0 Å². The fourth-order valence-corrected chi connectivity index (χ4v) is 3.24. The maximum Gasteiger partial charge on any atom is 0.274 e. The number of benzene rings is 1. The fraction of sp³-hybridized carbons (Fsp3) is 0.600. The normalized spacial score (nSPS) is 26.9. The second-order valence-electron chi connectivity index (χ2n) is 5.97. The van der Waals surface area contributed by atoms with Crippen molar-refractivity contribution < 1.29 is 4.92 Å². The highest BCUT2D eigenvalue weighted by Gasteiger charge is 2.37. The average Bonchev–Trinajstić information content (AvgIpc) is 3.19. The molecule has 2 unspecified atom stereocenters. The molecule has 0 spiro atoms. The van der Waals surface area contributed by atoms with Crippen molar-refractivity contribution in [2.75, 3.05) is 20.1 Å². The molecule has 1 aromatic carbocycles.